The highest BCUT2D eigenvalue weighted by Crippen LogP contribution is 2.37. The molecule has 3 rings (SSSR count). The molecular weight excluding hydrogens is 425 g/mol. The topological polar surface area (TPSA) is 55.1 Å². The normalized spacial score (nSPS) is 12.7. The zero-order valence-corrected chi connectivity index (χ0v) is 18.2. The van der Waals surface area contributed by atoms with E-state index in [0.717, 1.165) is 39.4 Å². The van der Waals surface area contributed by atoms with Crippen LogP contribution in [0.25, 0.3) is 5.69 Å². The van der Waals surface area contributed by atoms with Crippen molar-refractivity contribution in [3.63, 3.8) is 0 Å². The van der Waals surface area contributed by atoms with Crippen molar-refractivity contribution >= 4 is 17.7 Å². The minimum absolute atomic E-state index is 0.0764. The van der Waals surface area contributed by atoms with E-state index in [0.29, 0.717) is 12.1 Å². The molecular formula is C23H23F3N2O2S. The third kappa shape index (κ3) is 5.70. The molecule has 0 unspecified atom stereocenters. The van der Waals surface area contributed by atoms with Crippen LogP contribution in [0.4, 0.5) is 13.2 Å². The number of halogens is 3. The molecule has 31 heavy (non-hydrogen) atoms. The largest absolute Gasteiger partial charge is 0.481 e. The van der Waals surface area contributed by atoms with E-state index < -0.39 is 17.7 Å². The zero-order valence-electron chi connectivity index (χ0n) is 17.4. The van der Waals surface area contributed by atoms with Crippen molar-refractivity contribution in [1.82, 2.24) is 9.78 Å². The molecule has 0 bridgehead atoms. The Balaban J connectivity index is 1.74. The van der Waals surface area contributed by atoms with Crippen LogP contribution in [0.2, 0.25) is 0 Å². The fourth-order valence-corrected chi connectivity index (χ4v) is 4.50. The smallest absolute Gasteiger partial charge is 0.416 e. The highest BCUT2D eigenvalue weighted by Gasteiger charge is 2.30. The lowest BCUT2D eigenvalue weighted by atomic mass is 10.0. The molecule has 164 valence electrons. The third-order valence-corrected chi connectivity index (χ3v) is 6.20. The molecule has 0 radical (unpaired) electrons. The number of thioether (sulfide) groups is 1. The molecule has 1 atom stereocenters. The van der Waals surface area contributed by atoms with E-state index >= 15 is 0 Å². The summed E-state index contributed by atoms with van der Waals surface area (Å²) in [5.74, 6) is -0.813. The standard InChI is InChI=1S/C23H23F3N2O2S/c1-14-12-20(10-4-17(14)5-11-22(29)30)31-16(3)21-13-28(27-15(21)2)19-8-6-18(7-9-19)23(24,25)26/h4,6-10,12-13,16H,5,11H2,1-3H3,(H,29,30)/t16-/m0/s1. The van der Waals surface area contributed by atoms with Crippen molar-refractivity contribution < 1.29 is 23.1 Å². The number of hydrogen-bond acceptors (Lipinski definition) is 3. The quantitative estimate of drug-likeness (QED) is 0.426. The fraction of sp³-hybridized carbons (Fsp3) is 0.304. The number of aliphatic carboxylic acids is 1. The summed E-state index contributed by atoms with van der Waals surface area (Å²) in [5, 5.41) is 13.4. The predicted molar refractivity (Wildman–Crippen MR) is 115 cm³/mol. The lowest BCUT2D eigenvalue weighted by Crippen LogP contribution is -2.05. The number of hydrogen-bond donors (Lipinski definition) is 1. The first-order chi connectivity index (χ1) is 14.5. The minimum Gasteiger partial charge on any atom is -0.481 e. The van der Waals surface area contributed by atoms with E-state index in [9.17, 15) is 18.0 Å². The number of benzene rings is 2. The Morgan fingerprint density at radius 3 is 2.42 bits per heavy atom. The van der Waals surface area contributed by atoms with Crippen LogP contribution in [0, 0.1) is 13.8 Å². The van der Waals surface area contributed by atoms with Crippen LogP contribution in [0.5, 0.6) is 0 Å². The van der Waals surface area contributed by atoms with Gasteiger partial charge in [-0.15, -0.1) is 11.8 Å². The number of carboxylic acid groups (broad SMARTS) is 1. The molecule has 3 aromatic rings. The van der Waals surface area contributed by atoms with Gasteiger partial charge in [-0.1, -0.05) is 6.07 Å². The predicted octanol–water partition coefficient (Wildman–Crippen LogP) is 6.38. The molecule has 0 aliphatic heterocycles. The van der Waals surface area contributed by atoms with E-state index in [1.807, 2.05) is 38.2 Å². The Morgan fingerprint density at radius 2 is 1.84 bits per heavy atom. The van der Waals surface area contributed by atoms with Gasteiger partial charge in [-0.3, -0.25) is 4.79 Å². The van der Waals surface area contributed by atoms with Gasteiger partial charge >= 0.3 is 12.1 Å². The highest BCUT2D eigenvalue weighted by molar-refractivity contribution is 7.99. The molecule has 1 N–H and O–H groups in total. The number of rotatable bonds is 7. The van der Waals surface area contributed by atoms with E-state index in [1.165, 1.54) is 12.1 Å². The van der Waals surface area contributed by atoms with Gasteiger partial charge in [0.15, 0.2) is 0 Å². The monoisotopic (exact) mass is 448 g/mol. The third-order valence-electron chi connectivity index (χ3n) is 5.07. The van der Waals surface area contributed by atoms with Gasteiger partial charge in [0.1, 0.15) is 0 Å². The second-order valence-corrected chi connectivity index (χ2v) is 8.82. The van der Waals surface area contributed by atoms with Crippen LogP contribution in [-0.4, -0.2) is 20.9 Å². The first kappa shape index (κ1) is 22.9. The zero-order chi connectivity index (χ0) is 22.8. The lowest BCUT2D eigenvalue weighted by molar-refractivity contribution is -0.138. The summed E-state index contributed by atoms with van der Waals surface area (Å²) >= 11 is 1.65. The summed E-state index contributed by atoms with van der Waals surface area (Å²) in [6.07, 6.45) is -1.91. The van der Waals surface area contributed by atoms with E-state index in [4.69, 9.17) is 5.11 Å². The molecule has 0 saturated heterocycles. The molecule has 0 fully saturated rings. The van der Waals surface area contributed by atoms with Gasteiger partial charge in [0, 0.05) is 28.3 Å². The molecule has 8 heteroatoms. The fourth-order valence-electron chi connectivity index (χ4n) is 3.34. The lowest BCUT2D eigenvalue weighted by Gasteiger charge is -2.12. The summed E-state index contributed by atoms with van der Waals surface area (Å²) < 4.78 is 39.9. The molecule has 2 aromatic carbocycles. The van der Waals surface area contributed by atoms with Gasteiger partial charge in [-0.25, -0.2) is 4.68 Å². The van der Waals surface area contributed by atoms with Gasteiger partial charge in [-0.2, -0.15) is 18.3 Å². The van der Waals surface area contributed by atoms with Crippen LogP contribution >= 0.6 is 11.8 Å². The average Bonchev–Trinajstić information content (AvgIpc) is 3.08. The van der Waals surface area contributed by atoms with Gasteiger partial charge in [0.05, 0.1) is 16.9 Å². The first-order valence-corrected chi connectivity index (χ1v) is 10.6. The second-order valence-electron chi connectivity index (χ2n) is 7.40. The van der Waals surface area contributed by atoms with Crippen LogP contribution in [-0.2, 0) is 17.4 Å². The maximum Gasteiger partial charge on any atom is 0.416 e. The number of alkyl halides is 3. The molecule has 0 saturated carbocycles. The van der Waals surface area contributed by atoms with E-state index in [1.54, 1.807) is 16.4 Å². The van der Waals surface area contributed by atoms with Crippen molar-refractivity contribution in [3.05, 3.63) is 76.6 Å². The Labute approximate surface area is 183 Å². The van der Waals surface area contributed by atoms with Crippen LogP contribution in [0.1, 0.15) is 46.5 Å². The van der Waals surface area contributed by atoms with Crippen molar-refractivity contribution in [2.45, 2.75) is 49.9 Å². The van der Waals surface area contributed by atoms with Crippen LogP contribution < -0.4 is 0 Å². The number of aromatic nitrogens is 2. The Morgan fingerprint density at radius 1 is 1.16 bits per heavy atom. The summed E-state index contributed by atoms with van der Waals surface area (Å²) in [7, 11) is 0. The maximum absolute atomic E-state index is 12.8. The van der Waals surface area contributed by atoms with Gasteiger partial charge in [0.2, 0.25) is 0 Å². The molecule has 0 spiro atoms. The maximum atomic E-state index is 12.8. The summed E-state index contributed by atoms with van der Waals surface area (Å²) in [6.45, 7) is 5.91. The van der Waals surface area contributed by atoms with Gasteiger partial charge in [-0.05, 0) is 74.7 Å². The molecule has 1 aromatic heterocycles. The second kappa shape index (κ2) is 9.18. The van der Waals surface area contributed by atoms with Crippen molar-refractivity contribution in [3.8, 4) is 5.69 Å². The van der Waals surface area contributed by atoms with Crippen molar-refractivity contribution in [2.24, 2.45) is 0 Å². The van der Waals surface area contributed by atoms with E-state index in [2.05, 4.69) is 12.0 Å². The average molecular weight is 449 g/mol. The summed E-state index contributed by atoms with van der Waals surface area (Å²) in [5.41, 5.74) is 3.76. The van der Waals surface area contributed by atoms with Gasteiger partial charge < -0.3 is 5.11 Å². The summed E-state index contributed by atoms with van der Waals surface area (Å²) in [4.78, 5) is 11.8. The van der Waals surface area contributed by atoms with E-state index in [-0.39, 0.29) is 11.7 Å². The Hall–Kier alpha value is -2.74. The minimum atomic E-state index is -4.36. The SMILES string of the molecule is Cc1cc(S[C@@H](C)c2cn(-c3ccc(C(F)(F)F)cc3)nc2C)ccc1CCC(=O)O. The number of aryl methyl sites for hydroxylation is 3. The van der Waals surface area contributed by atoms with Crippen molar-refractivity contribution in [2.75, 3.05) is 0 Å². The Bertz CT molecular complexity index is 1080. The number of carboxylic acids is 1. The summed E-state index contributed by atoms with van der Waals surface area (Å²) in [6, 6.07) is 10.9. The first-order valence-electron chi connectivity index (χ1n) is 9.76. The molecule has 0 aliphatic carbocycles. The molecule has 0 aliphatic rings. The number of carbonyl (C=O) groups is 1. The van der Waals surface area contributed by atoms with Crippen LogP contribution in [0.15, 0.2) is 53.6 Å². The molecule has 1 heterocycles. The Kier molecular flexibility index (Phi) is 6.79. The molecule has 4 nitrogen and oxygen atoms in total. The number of nitrogens with zero attached hydrogens (tertiary/aromatic N) is 2. The van der Waals surface area contributed by atoms with Crippen molar-refractivity contribution in [1.29, 1.82) is 0 Å². The van der Waals surface area contributed by atoms with Gasteiger partial charge in [0.25, 0.3) is 0 Å². The van der Waals surface area contributed by atoms with Crippen LogP contribution in [0.3, 0.4) is 0 Å². The highest BCUT2D eigenvalue weighted by atomic mass is 32.2. The molecule has 0 amide bonds.